The Hall–Kier alpha value is -0.170. The van der Waals surface area contributed by atoms with Gasteiger partial charge in [0.25, 0.3) is 5.91 Å². The molecule has 6 heteroatoms. The largest absolute Gasteiger partial charge is 0.332 e. The van der Waals surface area contributed by atoms with Gasteiger partial charge in [0.05, 0.1) is 19.2 Å². The number of nitrogens with zero attached hydrogens (tertiary/aromatic N) is 1. The van der Waals surface area contributed by atoms with Crippen LogP contribution in [0.15, 0.2) is 42.4 Å². The molecule has 0 aliphatic carbocycles. The van der Waals surface area contributed by atoms with Gasteiger partial charge in [0.1, 0.15) is 0 Å². The summed E-state index contributed by atoms with van der Waals surface area (Å²) in [7, 11) is 0. The zero-order valence-electron chi connectivity index (χ0n) is 11.0. The van der Waals surface area contributed by atoms with Gasteiger partial charge in [0, 0.05) is 11.0 Å². The maximum Gasteiger partial charge on any atom is 0.256 e. The van der Waals surface area contributed by atoms with Crippen molar-refractivity contribution in [2.75, 3.05) is 6.54 Å². The lowest BCUT2D eigenvalue weighted by Crippen LogP contribution is -2.30. The summed E-state index contributed by atoms with van der Waals surface area (Å²) in [6.45, 7) is 0.815. The summed E-state index contributed by atoms with van der Waals surface area (Å²) in [6.07, 6.45) is 2.07. The Bertz CT molecular complexity index is 685. The van der Waals surface area contributed by atoms with E-state index in [-0.39, 0.29) is 11.9 Å². The highest BCUT2D eigenvalue weighted by Crippen LogP contribution is 2.38. The number of hydrogen-bond donors (Lipinski definition) is 0. The van der Waals surface area contributed by atoms with E-state index in [4.69, 9.17) is 0 Å². The molecular weight excluding hydrogens is 482 g/mol. The molecule has 1 aromatic heterocycles. The van der Waals surface area contributed by atoms with Gasteiger partial charge in [0.15, 0.2) is 0 Å². The van der Waals surface area contributed by atoms with E-state index in [0.717, 1.165) is 37.0 Å². The van der Waals surface area contributed by atoms with Gasteiger partial charge < -0.3 is 4.90 Å². The molecule has 1 saturated heterocycles. The van der Waals surface area contributed by atoms with Gasteiger partial charge in [-0.25, -0.2) is 0 Å². The summed E-state index contributed by atoms with van der Waals surface area (Å²) in [4.78, 5) is 14.8. The van der Waals surface area contributed by atoms with Crippen LogP contribution in [0.1, 0.15) is 34.8 Å². The first-order valence-electron chi connectivity index (χ1n) is 6.57. The normalized spacial score (nSPS) is 18.2. The Balaban J connectivity index is 1.90. The van der Waals surface area contributed by atoms with Gasteiger partial charge >= 0.3 is 0 Å². The molecule has 110 valence electrons. The molecule has 1 fully saturated rings. The van der Waals surface area contributed by atoms with Gasteiger partial charge in [-0.2, -0.15) is 0 Å². The number of thiophene rings is 1. The molecule has 1 aliphatic rings. The standard InChI is InChI=1S/C15H12Br3NOS/c16-10-4-1-3-9(7-10)12-5-2-6-19(12)15(20)11-8-13(17)21-14(11)18/h1,3-4,7-8,12H,2,5-6H2. The van der Waals surface area contributed by atoms with Crippen molar-refractivity contribution in [1.29, 1.82) is 0 Å². The minimum Gasteiger partial charge on any atom is -0.332 e. The third-order valence-corrected chi connectivity index (χ3v) is 6.47. The van der Waals surface area contributed by atoms with Crippen LogP contribution in [0.2, 0.25) is 0 Å². The number of carbonyl (C=O) groups excluding carboxylic acids is 1. The second kappa shape index (κ2) is 6.52. The predicted octanol–water partition coefficient (Wildman–Crippen LogP) is 6.01. The first kappa shape index (κ1) is 15.7. The summed E-state index contributed by atoms with van der Waals surface area (Å²) in [5.41, 5.74) is 1.94. The third-order valence-electron chi connectivity index (χ3n) is 3.63. The molecular formula is C15H12Br3NOS. The van der Waals surface area contributed by atoms with E-state index in [1.54, 1.807) is 0 Å². The van der Waals surface area contributed by atoms with Gasteiger partial charge in [-0.05, 0) is 68.5 Å². The van der Waals surface area contributed by atoms with Crippen molar-refractivity contribution in [3.05, 3.63) is 53.5 Å². The third kappa shape index (κ3) is 3.28. The number of benzene rings is 1. The fraction of sp³-hybridized carbons (Fsp3) is 0.267. The highest BCUT2D eigenvalue weighted by atomic mass is 79.9. The maximum absolute atomic E-state index is 12.8. The van der Waals surface area contributed by atoms with Crippen molar-refractivity contribution in [2.45, 2.75) is 18.9 Å². The van der Waals surface area contributed by atoms with Gasteiger partial charge in [-0.1, -0.05) is 28.1 Å². The quantitative estimate of drug-likeness (QED) is 0.501. The lowest BCUT2D eigenvalue weighted by Gasteiger charge is -2.25. The van der Waals surface area contributed by atoms with Crippen molar-refractivity contribution in [3.63, 3.8) is 0 Å². The van der Waals surface area contributed by atoms with E-state index >= 15 is 0 Å². The molecule has 1 unspecified atom stereocenters. The summed E-state index contributed by atoms with van der Waals surface area (Å²) in [5, 5.41) is 0. The Morgan fingerprint density at radius 1 is 1.24 bits per heavy atom. The average molecular weight is 494 g/mol. The van der Waals surface area contributed by atoms with Crippen molar-refractivity contribution >= 4 is 65.0 Å². The van der Waals surface area contributed by atoms with Crippen LogP contribution < -0.4 is 0 Å². The highest BCUT2D eigenvalue weighted by Gasteiger charge is 2.32. The number of amides is 1. The Morgan fingerprint density at radius 3 is 2.71 bits per heavy atom. The second-order valence-electron chi connectivity index (χ2n) is 4.95. The molecule has 0 radical (unpaired) electrons. The van der Waals surface area contributed by atoms with E-state index in [1.807, 2.05) is 23.1 Å². The first-order chi connectivity index (χ1) is 10.1. The fourth-order valence-corrected chi connectivity index (χ4v) is 5.91. The Morgan fingerprint density at radius 2 is 2.05 bits per heavy atom. The van der Waals surface area contributed by atoms with E-state index in [1.165, 1.54) is 16.9 Å². The van der Waals surface area contributed by atoms with Crippen LogP contribution in [0.4, 0.5) is 0 Å². The highest BCUT2D eigenvalue weighted by molar-refractivity contribution is 9.12. The van der Waals surface area contributed by atoms with Crippen LogP contribution in [0.3, 0.4) is 0 Å². The molecule has 0 N–H and O–H groups in total. The van der Waals surface area contributed by atoms with Crippen molar-refractivity contribution in [1.82, 2.24) is 4.90 Å². The minimum atomic E-state index is 0.103. The number of rotatable bonds is 2. The minimum absolute atomic E-state index is 0.103. The van der Waals surface area contributed by atoms with E-state index in [9.17, 15) is 4.79 Å². The summed E-state index contributed by atoms with van der Waals surface area (Å²) < 4.78 is 2.91. The van der Waals surface area contributed by atoms with Crippen LogP contribution in [-0.4, -0.2) is 17.4 Å². The smallest absolute Gasteiger partial charge is 0.256 e. The number of carbonyl (C=O) groups is 1. The molecule has 3 rings (SSSR count). The van der Waals surface area contributed by atoms with E-state index in [2.05, 4.69) is 59.9 Å². The SMILES string of the molecule is O=C(c1cc(Br)sc1Br)N1CCCC1c1cccc(Br)c1. The first-order valence-corrected chi connectivity index (χ1v) is 9.77. The van der Waals surface area contributed by atoms with Gasteiger partial charge in [-0.15, -0.1) is 11.3 Å². The summed E-state index contributed by atoms with van der Waals surface area (Å²) in [6, 6.07) is 10.3. The van der Waals surface area contributed by atoms with Crippen molar-refractivity contribution < 1.29 is 4.79 Å². The zero-order chi connectivity index (χ0) is 15.0. The van der Waals surface area contributed by atoms with Gasteiger partial charge in [0.2, 0.25) is 0 Å². The molecule has 0 spiro atoms. The molecule has 1 amide bonds. The van der Waals surface area contributed by atoms with Crippen LogP contribution in [0.25, 0.3) is 0 Å². The van der Waals surface area contributed by atoms with Crippen LogP contribution in [0, 0.1) is 0 Å². The molecule has 2 nitrogen and oxygen atoms in total. The second-order valence-corrected chi connectivity index (χ2v) is 9.61. The maximum atomic E-state index is 12.8. The van der Waals surface area contributed by atoms with Crippen molar-refractivity contribution in [3.8, 4) is 0 Å². The van der Waals surface area contributed by atoms with Gasteiger partial charge in [-0.3, -0.25) is 4.79 Å². The molecule has 1 aromatic carbocycles. The molecule has 1 aliphatic heterocycles. The van der Waals surface area contributed by atoms with Crippen LogP contribution in [0.5, 0.6) is 0 Å². The molecule has 0 bridgehead atoms. The number of hydrogen-bond acceptors (Lipinski definition) is 2. The average Bonchev–Trinajstić information content (AvgIpc) is 3.04. The number of halogens is 3. The topological polar surface area (TPSA) is 20.3 Å². The molecule has 2 aromatic rings. The van der Waals surface area contributed by atoms with Crippen LogP contribution >= 0.6 is 59.1 Å². The molecule has 21 heavy (non-hydrogen) atoms. The van der Waals surface area contributed by atoms with E-state index in [0.29, 0.717) is 0 Å². The van der Waals surface area contributed by atoms with E-state index < -0.39 is 0 Å². The fourth-order valence-electron chi connectivity index (χ4n) is 2.71. The number of likely N-dealkylation sites (tertiary alicyclic amines) is 1. The monoisotopic (exact) mass is 491 g/mol. The lowest BCUT2D eigenvalue weighted by atomic mass is 10.0. The summed E-state index contributed by atoms with van der Waals surface area (Å²) >= 11 is 12.0. The Kier molecular flexibility index (Phi) is 4.88. The van der Waals surface area contributed by atoms with Crippen LogP contribution in [-0.2, 0) is 0 Å². The molecule has 2 heterocycles. The Labute approximate surface area is 152 Å². The molecule has 1 atom stereocenters. The summed E-state index contributed by atoms with van der Waals surface area (Å²) in [5.74, 6) is 0.103. The zero-order valence-corrected chi connectivity index (χ0v) is 16.6. The van der Waals surface area contributed by atoms with Crippen molar-refractivity contribution in [2.24, 2.45) is 0 Å². The lowest BCUT2D eigenvalue weighted by molar-refractivity contribution is 0.0735. The molecule has 0 saturated carbocycles. The predicted molar refractivity (Wildman–Crippen MR) is 96.9 cm³/mol.